The molecule has 10 heavy (non-hydrogen) atoms. The average molecular weight is 156 g/mol. The van der Waals surface area contributed by atoms with E-state index in [4.69, 9.17) is 5.73 Å². The Labute approximate surface area is 65.2 Å². The first-order valence-electron chi connectivity index (χ1n) is 3.28. The molecule has 0 amide bonds. The summed E-state index contributed by atoms with van der Waals surface area (Å²) in [4.78, 5) is 1.26. The van der Waals surface area contributed by atoms with Gasteiger partial charge in [-0.3, -0.25) is 0 Å². The number of hydrogen-bond donors (Lipinski definition) is 1. The van der Waals surface area contributed by atoms with Crippen molar-refractivity contribution in [3.05, 3.63) is 17.1 Å². The quantitative estimate of drug-likeness (QED) is 0.702. The van der Waals surface area contributed by atoms with Crippen LogP contribution in [0.5, 0.6) is 0 Å². The number of nitrogens with two attached hydrogens (primary N) is 1. The lowest BCUT2D eigenvalue weighted by Crippen LogP contribution is -2.26. The molecule has 0 saturated carbocycles. The van der Waals surface area contributed by atoms with Crippen LogP contribution in [0.3, 0.4) is 0 Å². The molecular weight excluding hydrogens is 144 g/mol. The van der Waals surface area contributed by atoms with Gasteiger partial charge < -0.3 is 5.73 Å². The summed E-state index contributed by atoms with van der Waals surface area (Å²) in [5.74, 6) is 0. The van der Waals surface area contributed by atoms with Crippen molar-refractivity contribution >= 4 is 11.5 Å². The first kappa shape index (κ1) is 7.69. The van der Waals surface area contributed by atoms with Crippen LogP contribution in [0.2, 0.25) is 0 Å². The fraction of sp³-hybridized carbons (Fsp3) is 0.571. The van der Waals surface area contributed by atoms with E-state index in [2.05, 4.69) is 18.2 Å². The van der Waals surface area contributed by atoms with Crippen molar-refractivity contribution in [3.8, 4) is 0 Å². The zero-order valence-corrected chi connectivity index (χ0v) is 7.11. The number of nitrogens with zero attached hydrogens (tertiary/aromatic N) is 1. The Morgan fingerprint density at radius 3 is 2.80 bits per heavy atom. The molecule has 1 aromatic rings. The largest absolute Gasteiger partial charge is 0.330 e. The summed E-state index contributed by atoms with van der Waals surface area (Å²) < 4.78 is 4.02. The lowest BCUT2D eigenvalue weighted by molar-refractivity contribution is 0.550. The molecule has 0 bridgehead atoms. The Kier molecular flexibility index (Phi) is 2.06. The molecule has 2 nitrogen and oxygen atoms in total. The fourth-order valence-corrected chi connectivity index (χ4v) is 1.35. The van der Waals surface area contributed by atoms with Crippen molar-refractivity contribution in [1.82, 2.24) is 4.37 Å². The van der Waals surface area contributed by atoms with E-state index in [0.29, 0.717) is 6.54 Å². The molecule has 0 aliphatic heterocycles. The van der Waals surface area contributed by atoms with Gasteiger partial charge in [-0.25, -0.2) is 4.37 Å². The SMILES string of the molecule is CC(C)(CN)c1ccns1. The molecule has 0 spiro atoms. The summed E-state index contributed by atoms with van der Waals surface area (Å²) in [7, 11) is 0. The molecule has 0 radical (unpaired) electrons. The average Bonchev–Trinajstić information content (AvgIpc) is 2.38. The second-order valence-corrected chi connectivity index (χ2v) is 3.80. The Morgan fingerprint density at radius 1 is 1.70 bits per heavy atom. The first-order chi connectivity index (χ1) is 4.67. The predicted molar refractivity (Wildman–Crippen MR) is 44.2 cm³/mol. The van der Waals surface area contributed by atoms with Crippen LogP contribution in [0.15, 0.2) is 12.3 Å². The van der Waals surface area contributed by atoms with Crippen molar-refractivity contribution in [2.45, 2.75) is 19.3 Å². The minimum absolute atomic E-state index is 0.0984. The summed E-state index contributed by atoms with van der Waals surface area (Å²) in [5, 5.41) is 0. The third-order valence-electron chi connectivity index (χ3n) is 1.62. The van der Waals surface area contributed by atoms with Crippen LogP contribution in [0.4, 0.5) is 0 Å². The summed E-state index contributed by atoms with van der Waals surface area (Å²) in [6.07, 6.45) is 1.82. The molecule has 0 atom stereocenters. The highest BCUT2D eigenvalue weighted by Crippen LogP contribution is 2.23. The van der Waals surface area contributed by atoms with Crippen molar-refractivity contribution in [3.63, 3.8) is 0 Å². The zero-order valence-electron chi connectivity index (χ0n) is 6.29. The standard InChI is InChI=1S/C7H12N2S/c1-7(2,5-8)6-3-4-9-10-6/h3-4H,5,8H2,1-2H3. The third-order valence-corrected chi connectivity index (χ3v) is 2.73. The summed E-state index contributed by atoms with van der Waals surface area (Å²) in [6.45, 7) is 4.93. The first-order valence-corrected chi connectivity index (χ1v) is 4.05. The van der Waals surface area contributed by atoms with Gasteiger partial charge in [-0.2, -0.15) is 0 Å². The summed E-state index contributed by atoms with van der Waals surface area (Å²) >= 11 is 1.52. The van der Waals surface area contributed by atoms with Crippen LogP contribution >= 0.6 is 11.5 Å². The van der Waals surface area contributed by atoms with Crippen LogP contribution in [0.1, 0.15) is 18.7 Å². The normalized spacial score (nSPS) is 11.9. The van der Waals surface area contributed by atoms with Crippen LogP contribution in [0, 0.1) is 0 Å². The van der Waals surface area contributed by atoms with E-state index in [0.717, 1.165) is 0 Å². The van der Waals surface area contributed by atoms with E-state index >= 15 is 0 Å². The molecule has 0 aliphatic rings. The summed E-state index contributed by atoms with van der Waals surface area (Å²) in [6, 6.07) is 2.03. The third kappa shape index (κ3) is 1.36. The number of aromatic nitrogens is 1. The maximum absolute atomic E-state index is 5.58. The van der Waals surface area contributed by atoms with Crippen molar-refractivity contribution in [1.29, 1.82) is 0 Å². The molecule has 0 saturated heterocycles. The highest BCUT2D eigenvalue weighted by molar-refractivity contribution is 7.05. The van der Waals surface area contributed by atoms with Crippen molar-refractivity contribution in [2.75, 3.05) is 6.54 Å². The second-order valence-electron chi connectivity index (χ2n) is 2.96. The lowest BCUT2D eigenvalue weighted by Gasteiger charge is -2.19. The second kappa shape index (κ2) is 2.68. The molecule has 56 valence electrons. The molecule has 0 aromatic carbocycles. The van der Waals surface area contributed by atoms with Gasteiger partial charge in [0.1, 0.15) is 0 Å². The van der Waals surface area contributed by atoms with Gasteiger partial charge in [0.05, 0.1) is 0 Å². The lowest BCUT2D eigenvalue weighted by atomic mass is 9.92. The molecule has 0 aliphatic carbocycles. The molecule has 0 fully saturated rings. The molecule has 0 unspecified atom stereocenters. The van der Waals surface area contributed by atoms with Crippen LogP contribution in [0.25, 0.3) is 0 Å². The van der Waals surface area contributed by atoms with E-state index in [1.807, 2.05) is 12.3 Å². The minimum atomic E-state index is 0.0984. The Bertz CT molecular complexity index is 191. The Morgan fingerprint density at radius 2 is 2.40 bits per heavy atom. The fourth-order valence-electron chi connectivity index (χ4n) is 0.666. The van der Waals surface area contributed by atoms with Gasteiger partial charge in [0, 0.05) is 23.0 Å². The van der Waals surface area contributed by atoms with E-state index in [1.54, 1.807) is 0 Å². The molecular formula is C7H12N2S. The van der Waals surface area contributed by atoms with Gasteiger partial charge in [-0.05, 0) is 17.6 Å². The number of hydrogen-bond acceptors (Lipinski definition) is 3. The molecule has 1 rings (SSSR count). The Hall–Kier alpha value is -0.410. The van der Waals surface area contributed by atoms with Gasteiger partial charge >= 0.3 is 0 Å². The van der Waals surface area contributed by atoms with Gasteiger partial charge in [-0.1, -0.05) is 13.8 Å². The highest BCUT2D eigenvalue weighted by Gasteiger charge is 2.19. The van der Waals surface area contributed by atoms with Gasteiger partial charge in [-0.15, -0.1) is 0 Å². The monoisotopic (exact) mass is 156 g/mol. The van der Waals surface area contributed by atoms with Crippen LogP contribution < -0.4 is 5.73 Å². The van der Waals surface area contributed by atoms with Gasteiger partial charge in [0.25, 0.3) is 0 Å². The van der Waals surface area contributed by atoms with E-state index in [9.17, 15) is 0 Å². The molecule has 1 heterocycles. The highest BCUT2D eigenvalue weighted by atomic mass is 32.1. The van der Waals surface area contributed by atoms with E-state index < -0.39 is 0 Å². The Balaban J connectivity index is 2.85. The summed E-state index contributed by atoms with van der Waals surface area (Å²) in [5.41, 5.74) is 5.67. The van der Waals surface area contributed by atoms with E-state index in [1.165, 1.54) is 16.4 Å². The smallest absolute Gasteiger partial charge is 0.0409 e. The predicted octanol–water partition coefficient (Wildman–Crippen LogP) is 1.38. The maximum Gasteiger partial charge on any atom is 0.0409 e. The van der Waals surface area contributed by atoms with Gasteiger partial charge in [0.2, 0.25) is 0 Å². The van der Waals surface area contributed by atoms with E-state index in [-0.39, 0.29) is 5.41 Å². The van der Waals surface area contributed by atoms with Crippen molar-refractivity contribution < 1.29 is 0 Å². The minimum Gasteiger partial charge on any atom is -0.330 e. The molecule has 2 N–H and O–H groups in total. The molecule has 1 aromatic heterocycles. The molecule has 3 heteroatoms. The zero-order chi connectivity index (χ0) is 7.61. The van der Waals surface area contributed by atoms with Crippen LogP contribution in [-0.4, -0.2) is 10.9 Å². The topological polar surface area (TPSA) is 38.9 Å². The maximum atomic E-state index is 5.58. The number of rotatable bonds is 2. The van der Waals surface area contributed by atoms with Crippen molar-refractivity contribution in [2.24, 2.45) is 5.73 Å². The van der Waals surface area contributed by atoms with Gasteiger partial charge in [0.15, 0.2) is 0 Å². The van der Waals surface area contributed by atoms with Crippen LogP contribution in [-0.2, 0) is 5.41 Å².